The van der Waals surface area contributed by atoms with E-state index in [-0.39, 0.29) is 6.42 Å². The summed E-state index contributed by atoms with van der Waals surface area (Å²) in [6, 6.07) is 7.34. The molecule has 1 N–H and O–H groups in total. The highest BCUT2D eigenvalue weighted by atomic mass is 16.5. The first-order chi connectivity index (χ1) is 10.5. The van der Waals surface area contributed by atoms with Crippen molar-refractivity contribution in [1.29, 1.82) is 0 Å². The minimum atomic E-state index is -1.03. The van der Waals surface area contributed by atoms with E-state index in [1.54, 1.807) is 30.3 Å². The molecule has 1 aromatic rings. The monoisotopic (exact) mass is 303 g/mol. The van der Waals surface area contributed by atoms with Crippen LogP contribution < -0.4 is 5.32 Å². The predicted molar refractivity (Wildman–Crippen MR) is 79.2 cm³/mol. The van der Waals surface area contributed by atoms with Gasteiger partial charge < -0.3 is 10.1 Å². The van der Waals surface area contributed by atoms with Crippen LogP contribution in [0.4, 0.5) is 0 Å². The van der Waals surface area contributed by atoms with Gasteiger partial charge in [-0.1, -0.05) is 30.4 Å². The average molecular weight is 303 g/mol. The second-order valence-corrected chi connectivity index (χ2v) is 4.45. The van der Waals surface area contributed by atoms with Crippen molar-refractivity contribution < 1.29 is 23.9 Å². The summed E-state index contributed by atoms with van der Waals surface area (Å²) in [4.78, 5) is 45.7. The number of Topliss-reactive ketones (excluding diaryl/α,β-unsaturated/α-hetero) is 2. The van der Waals surface area contributed by atoms with Crippen LogP contribution in [0.15, 0.2) is 42.5 Å². The van der Waals surface area contributed by atoms with Crippen molar-refractivity contribution in [3.8, 4) is 0 Å². The molecule has 22 heavy (non-hydrogen) atoms. The molecule has 0 saturated carbocycles. The largest absolute Gasteiger partial charge is 0.467 e. The number of allylic oxidation sites excluding steroid dienone is 1. The minimum absolute atomic E-state index is 0.135. The standard InChI is InChI=1S/C16H17NO5/c1-11(18)14(19)10-6-9-13(16(21)22-2)17-15(20)12-7-4-3-5-8-12/h3-9,13H,10H2,1-2H3,(H,17,20)/b9-6+/t13-/m0/s1. The van der Waals surface area contributed by atoms with Gasteiger partial charge in [0.15, 0.2) is 5.78 Å². The molecule has 1 rings (SSSR count). The topological polar surface area (TPSA) is 89.5 Å². The van der Waals surface area contributed by atoms with Gasteiger partial charge in [0.25, 0.3) is 5.91 Å². The normalized spacial score (nSPS) is 11.7. The van der Waals surface area contributed by atoms with Gasteiger partial charge in [0, 0.05) is 18.9 Å². The molecule has 0 aromatic heterocycles. The Labute approximate surface area is 128 Å². The molecule has 6 nitrogen and oxygen atoms in total. The molecule has 0 aliphatic carbocycles. The number of hydrogen-bond donors (Lipinski definition) is 1. The van der Waals surface area contributed by atoms with Crippen LogP contribution in [0.1, 0.15) is 23.7 Å². The Balaban J connectivity index is 2.75. The number of ether oxygens (including phenoxy) is 1. The number of ketones is 2. The maximum atomic E-state index is 12.0. The number of amides is 1. The van der Waals surface area contributed by atoms with E-state index in [4.69, 9.17) is 0 Å². The molecule has 0 bridgehead atoms. The maximum absolute atomic E-state index is 12.0. The molecule has 0 heterocycles. The van der Waals surface area contributed by atoms with E-state index in [1.807, 2.05) is 0 Å². The quantitative estimate of drug-likeness (QED) is 0.462. The van der Waals surface area contributed by atoms with Crippen molar-refractivity contribution in [2.45, 2.75) is 19.4 Å². The number of hydrogen-bond acceptors (Lipinski definition) is 5. The van der Waals surface area contributed by atoms with Gasteiger partial charge in [0.05, 0.1) is 7.11 Å². The first-order valence-electron chi connectivity index (χ1n) is 6.60. The molecule has 116 valence electrons. The van der Waals surface area contributed by atoms with E-state index in [2.05, 4.69) is 10.1 Å². The lowest BCUT2D eigenvalue weighted by Crippen LogP contribution is -2.40. The highest BCUT2D eigenvalue weighted by Crippen LogP contribution is 2.01. The summed E-state index contributed by atoms with van der Waals surface area (Å²) in [5, 5.41) is 2.49. The Kier molecular flexibility index (Phi) is 6.69. The van der Waals surface area contributed by atoms with Crippen LogP contribution in [-0.4, -0.2) is 36.6 Å². The maximum Gasteiger partial charge on any atom is 0.332 e. The number of esters is 1. The fourth-order valence-corrected chi connectivity index (χ4v) is 1.58. The predicted octanol–water partition coefficient (Wildman–Crippen LogP) is 1.06. The van der Waals surface area contributed by atoms with E-state index in [1.165, 1.54) is 26.2 Å². The van der Waals surface area contributed by atoms with Gasteiger partial charge in [-0.15, -0.1) is 0 Å². The molecule has 1 atom stereocenters. The summed E-state index contributed by atoms with van der Waals surface area (Å²) in [5.41, 5.74) is 0.393. The van der Waals surface area contributed by atoms with Gasteiger partial charge in [-0.25, -0.2) is 4.79 Å². The molecule has 1 aromatic carbocycles. The van der Waals surface area contributed by atoms with Crippen LogP contribution in [0, 0.1) is 0 Å². The third-order valence-corrected chi connectivity index (χ3v) is 2.80. The summed E-state index contributed by atoms with van der Waals surface area (Å²) in [7, 11) is 1.19. The van der Waals surface area contributed by atoms with Gasteiger partial charge in [-0.05, 0) is 12.1 Å². The zero-order valence-corrected chi connectivity index (χ0v) is 12.4. The highest BCUT2D eigenvalue weighted by molar-refractivity contribution is 6.36. The second kappa shape index (κ2) is 8.51. The number of rotatable bonds is 7. The van der Waals surface area contributed by atoms with Crippen molar-refractivity contribution >= 4 is 23.4 Å². The second-order valence-electron chi connectivity index (χ2n) is 4.45. The van der Waals surface area contributed by atoms with E-state index in [0.717, 1.165) is 0 Å². The summed E-state index contributed by atoms with van der Waals surface area (Å²) >= 11 is 0. The molecular formula is C16H17NO5. The molecule has 0 unspecified atom stereocenters. The van der Waals surface area contributed by atoms with E-state index < -0.39 is 29.5 Å². The molecule has 0 aliphatic rings. The SMILES string of the molecule is COC(=O)[C@H](/C=C/CC(=O)C(C)=O)NC(=O)c1ccccc1. The summed E-state index contributed by atoms with van der Waals surface area (Å²) in [6.07, 6.45) is 2.55. The minimum Gasteiger partial charge on any atom is -0.467 e. The lowest BCUT2D eigenvalue weighted by molar-refractivity contribution is -0.141. The Hall–Kier alpha value is -2.76. The zero-order valence-electron chi connectivity index (χ0n) is 12.4. The highest BCUT2D eigenvalue weighted by Gasteiger charge is 2.19. The van der Waals surface area contributed by atoms with Crippen LogP contribution in [0.5, 0.6) is 0 Å². The van der Waals surface area contributed by atoms with Crippen molar-refractivity contribution in [2.24, 2.45) is 0 Å². The Morgan fingerprint density at radius 2 is 1.82 bits per heavy atom. The Bertz CT molecular complexity index is 592. The molecule has 1 amide bonds. The third kappa shape index (κ3) is 5.32. The van der Waals surface area contributed by atoms with Crippen LogP contribution in [0.3, 0.4) is 0 Å². The first kappa shape index (κ1) is 17.3. The number of carbonyl (C=O) groups excluding carboxylic acids is 4. The van der Waals surface area contributed by atoms with Crippen LogP contribution in [-0.2, 0) is 19.1 Å². The number of methoxy groups -OCH3 is 1. The van der Waals surface area contributed by atoms with E-state index in [0.29, 0.717) is 5.56 Å². The first-order valence-corrected chi connectivity index (χ1v) is 6.60. The molecular weight excluding hydrogens is 286 g/mol. The molecule has 0 fully saturated rings. The third-order valence-electron chi connectivity index (χ3n) is 2.80. The number of benzene rings is 1. The summed E-state index contributed by atoms with van der Waals surface area (Å²) in [5.74, 6) is -2.25. The molecule has 6 heteroatoms. The lowest BCUT2D eigenvalue weighted by atomic mass is 10.1. The van der Waals surface area contributed by atoms with E-state index in [9.17, 15) is 19.2 Å². The van der Waals surface area contributed by atoms with Crippen molar-refractivity contribution in [3.05, 3.63) is 48.0 Å². The van der Waals surface area contributed by atoms with Gasteiger partial charge in [-0.3, -0.25) is 14.4 Å². The van der Waals surface area contributed by atoms with Crippen LogP contribution in [0.25, 0.3) is 0 Å². The summed E-state index contributed by atoms with van der Waals surface area (Å²) < 4.78 is 4.60. The lowest BCUT2D eigenvalue weighted by Gasteiger charge is -2.12. The Morgan fingerprint density at radius 1 is 1.18 bits per heavy atom. The van der Waals surface area contributed by atoms with Crippen LogP contribution >= 0.6 is 0 Å². The van der Waals surface area contributed by atoms with Gasteiger partial charge in [0.1, 0.15) is 6.04 Å². The Morgan fingerprint density at radius 3 is 2.36 bits per heavy atom. The number of nitrogens with one attached hydrogen (secondary N) is 1. The molecule has 0 aliphatic heterocycles. The fraction of sp³-hybridized carbons (Fsp3) is 0.250. The fourth-order valence-electron chi connectivity index (χ4n) is 1.58. The smallest absolute Gasteiger partial charge is 0.332 e. The molecule has 0 radical (unpaired) electrons. The summed E-state index contributed by atoms with van der Waals surface area (Å²) in [6.45, 7) is 1.17. The number of carbonyl (C=O) groups is 4. The average Bonchev–Trinajstić information content (AvgIpc) is 2.53. The van der Waals surface area contributed by atoms with Gasteiger partial charge >= 0.3 is 5.97 Å². The van der Waals surface area contributed by atoms with Crippen molar-refractivity contribution in [2.75, 3.05) is 7.11 Å². The zero-order chi connectivity index (χ0) is 16.5. The van der Waals surface area contributed by atoms with E-state index >= 15 is 0 Å². The van der Waals surface area contributed by atoms with Gasteiger partial charge in [-0.2, -0.15) is 0 Å². The molecule has 0 spiro atoms. The molecule has 0 saturated heterocycles. The van der Waals surface area contributed by atoms with Crippen molar-refractivity contribution in [3.63, 3.8) is 0 Å². The van der Waals surface area contributed by atoms with Crippen molar-refractivity contribution in [1.82, 2.24) is 5.32 Å². The van der Waals surface area contributed by atoms with Crippen LogP contribution in [0.2, 0.25) is 0 Å². The van der Waals surface area contributed by atoms with Gasteiger partial charge in [0.2, 0.25) is 5.78 Å².